The monoisotopic (exact) mass is 304 g/mol. The van der Waals surface area contributed by atoms with E-state index in [4.69, 9.17) is 11.6 Å². The largest absolute Gasteiger partial charge is 0.275 e. The van der Waals surface area contributed by atoms with Crippen molar-refractivity contribution in [3.8, 4) is 5.69 Å². The third-order valence-corrected chi connectivity index (χ3v) is 3.39. The molecule has 3 aromatic rings. The molecule has 0 bridgehead atoms. The van der Waals surface area contributed by atoms with Gasteiger partial charge in [-0.15, -0.1) is 0 Å². The number of rotatable bonds is 1. The van der Waals surface area contributed by atoms with Crippen LogP contribution in [0.2, 0.25) is 5.02 Å². The summed E-state index contributed by atoms with van der Waals surface area (Å²) in [6.07, 6.45) is 1.10. The molecule has 0 saturated carbocycles. The molecule has 0 aliphatic carbocycles. The van der Waals surface area contributed by atoms with Crippen LogP contribution in [-0.2, 0) is 0 Å². The van der Waals surface area contributed by atoms with Gasteiger partial charge >= 0.3 is 0 Å². The van der Waals surface area contributed by atoms with Crippen LogP contribution in [0.15, 0.2) is 29.2 Å². The Hall–Kier alpha value is -2.34. The molecule has 2 aromatic heterocycles. The van der Waals surface area contributed by atoms with Gasteiger partial charge in [-0.1, -0.05) is 11.6 Å². The lowest BCUT2D eigenvalue weighted by Gasteiger charge is -2.10. The molecular formula is C14H10ClFN4O. The van der Waals surface area contributed by atoms with Crippen LogP contribution in [0.25, 0.3) is 17.0 Å². The smallest absolute Gasteiger partial charge is 0.267 e. The van der Waals surface area contributed by atoms with Crippen molar-refractivity contribution in [1.82, 2.24) is 19.5 Å². The van der Waals surface area contributed by atoms with Crippen molar-refractivity contribution >= 4 is 22.9 Å². The normalized spacial score (nSPS) is 11.0. The minimum Gasteiger partial charge on any atom is -0.267 e. The van der Waals surface area contributed by atoms with Gasteiger partial charge in [0.1, 0.15) is 5.82 Å². The Morgan fingerprint density at radius 2 is 1.90 bits per heavy atom. The zero-order valence-electron chi connectivity index (χ0n) is 11.3. The predicted octanol–water partition coefficient (Wildman–Crippen LogP) is 2.59. The zero-order chi connectivity index (χ0) is 15.1. The van der Waals surface area contributed by atoms with Crippen molar-refractivity contribution in [2.45, 2.75) is 13.8 Å². The maximum absolute atomic E-state index is 14.1. The molecule has 0 amide bonds. The highest BCUT2D eigenvalue weighted by molar-refractivity contribution is 6.30. The summed E-state index contributed by atoms with van der Waals surface area (Å²) in [5, 5.41) is 0.251. The van der Waals surface area contributed by atoms with Gasteiger partial charge in [0.15, 0.2) is 11.3 Å². The molecule has 2 heterocycles. The first-order chi connectivity index (χ1) is 9.97. The van der Waals surface area contributed by atoms with Crippen LogP contribution >= 0.6 is 11.6 Å². The molecule has 7 heteroatoms. The Bertz CT molecular complexity index is 923. The molecule has 0 saturated heterocycles. The number of aryl methyl sites for hydroxylation is 2. The molecule has 106 valence electrons. The quantitative estimate of drug-likeness (QED) is 0.693. The van der Waals surface area contributed by atoms with E-state index in [-0.39, 0.29) is 22.0 Å². The lowest BCUT2D eigenvalue weighted by molar-refractivity contribution is 0.617. The van der Waals surface area contributed by atoms with Gasteiger partial charge in [0, 0.05) is 5.02 Å². The topological polar surface area (TPSA) is 60.7 Å². The Labute approximate surface area is 124 Å². The summed E-state index contributed by atoms with van der Waals surface area (Å²) in [7, 11) is 0. The van der Waals surface area contributed by atoms with Crippen LogP contribution in [0.5, 0.6) is 0 Å². The summed E-state index contributed by atoms with van der Waals surface area (Å²) < 4.78 is 15.3. The lowest BCUT2D eigenvalue weighted by atomic mass is 10.3. The van der Waals surface area contributed by atoms with Gasteiger partial charge in [0.05, 0.1) is 23.3 Å². The predicted molar refractivity (Wildman–Crippen MR) is 77.4 cm³/mol. The zero-order valence-corrected chi connectivity index (χ0v) is 12.0. The molecule has 0 aliphatic heterocycles. The first-order valence-corrected chi connectivity index (χ1v) is 6.53. The SMILES string of the molecule is Cc1nc2ncc(=O)n(-c3ccc(Cl)cc3F)c2nc1C. The summed E-state index contributed by atoms with van der Waals surface area (Å²) in [6.45, 7) is 3.56. The number of hydrogen-bond donors (Lipinski definition) is 0. The van der Waals surface area contributed by atoms with Crippen LogP contribution in [0.1, 0.15) is 11.4 Å². The second-order valence-electron chi connectivity index (χ2n) is 4.57. The maximum atomic E-state index is 14.1. The minimum absolute atomic E-state index is 0.0642. The van der Waals surface area contributed by atoms with Crippen molar-refractivity contribution in [2.24, 2.45) is 0 Å². The van der Waals surface area contributed by atoms with E-state index in [0.29, 0.717) is 11.4 Å². The summed E-state index contributed by atoms with van der Waals surface area (Å²) in [5.74, 6) is -0.614. The average Bonchev–Trinajstić information content (AvgIpc) is 2.42. The van der Waals surface area contributed by atoms with E-state index in [2.05, 4.69) is 15.0 Å². The molecule has 0 N–H and O–H groups in total. The Balaban J connectivity index is 2.43. The third-order valence-electron chi connectivity index (χ3n) is 3.15. The molecule has 0 fully saturated rings. The Morgan fingerprint density at radius 1 is 1.19 bits per heavy atom. The van der Waals surface area contributed by atoms with Gasteiger partial charge < -0.3 is 0 Å². The average molecular weight is 305 g/mol. The van der Waals surface area contributed by atoms with Crippen molar-refractivity contribution in [2.75, 3.05) is 0 Å². The first-order valence-electron chi connectivity index (χ1n) is 6.16. The summed E-state index contributed by atoms with van der Waals surface area (Å²) in [6, 6.07) is 4.08. The van der Waals surface area contributed by atoms with E-state index in [9.17, 15) is 9.18 Å². The van der Waals surface area contributed by atoms with Gasteiger partial charge in [-0.3, -0.25) is 9.36 Å². The summed E-state index contributed by atoms with van der Waals surface area (Å²) in [4.78, 5) is 24.6. The van der Waals surface area contributed by atoms with E-state index in [1.165, 1.54) is 12.1 Å². The second kappa shape index (κ2) is 4.89. The highest BCUT2D eigenvalue weighted by Gasteiger charge is 2.14. The van der Waals surface area contributed by atoms with Crippen molar-refractivity contribution in [3.63, 3.8) is 0 Å². The molecule has 0 atom stereocenters. The highest BCUT2D eigenvalue weighted by Crippen LogP contribution is 2.19. The van der Waals surface area contributed by atoms with E-state index in [1.54, 1.807) is 13.8 Å². The van der Waals surface area contributed by atoms with Gasteiger partial charge in [-0.05, 0) is 32.0 Å². The molecule has 0 aliphatic rings. The fraction of sp³-hybridized carbons (Fsp3) is 0.143. The molecule has 0 unspecified atom stereocenters. The van der Waals surface area contributed by atoms with E-state index >= 15 is 0 Å². The van der Waals surface area contributed by atoms with Crippen molar-refractivity contribution in [3.05, 3.63) is 57.0 Å². The number of fused-ring (bicyclic) bond motifs is 1. The van der Waals surface area contributed by atoms with Gasteiger partial charge in [0.25, 0.3) is 5.56 Å². The van der Waals surface area contributed by atoms with Crippen LogP contribution in [0.3, 0.4) is 0 Å². The molecule has 21 heavy (non-hydrogen) atoms. The lowest BCUT2D eigenvalue weighted by Crippen LogP contribution is -2.21. The Morgan fingerprint density at radius 3 is 2.62 bits per heavy atom. The van der Waals surface area contributed by atoms with Crippen LogP contribution in [0, 0.1) is 19.7 Å². The number of aromatic nitrogens is 4. The van der Waals surface area contributed by atoms with Crippen LogP contribution in [0.4, 0.5) is 4.39 Å². The summed E-state index contributed by atoms with van der Waals surface area (Å²) >= 11 is 5.74. The number of nitrogens with zero attached hydrogens (tertiary/aromatic N) is 4. The number of benzene rings is 1. The third kappa shape index (κ3) is 2.27. The van der Waals surface area contributed by atoms with Gasteiger partial charge in [-0.25, -0.2) is 19.3 Å². The standard InChI is InChI=1S/C14H10ClFN4O/c1-7-8(2)19-14-13(18-7)17-6-12(21)20(14)11-4-3-9(15)5-10(11)16/h3-6H,1-2H3. The highest BCUT2D eigenvalue weighted by atomic mass is 35.5. The molecular weight excluding hydrogens is 295 g/mol. The van der Waals surface area contributed by atoms with E-state index < -0.39 is 11.4 Å². The first kappa shape index (κ1) is 13.6. The molecule has 0 spiro atoms. The number of halogens is 2. The molecule has 0 radical (unpaired) electrons. The van der Waals surface area contributed by atoms with Crippen molar-refractivity contribution in [1.29, 1.82) is 0 Å². The fourth-order valence-electron chi connectivity index (χ4n) is 1.99. The molecule has 1 aromatic carbocycles. The molecule has 5 nitrogen and oxygen atoms in total. The maximum Gasteiger partial charge on any atom is 0.275 e. The summed E-state index contributed by atoms with van der Waals surface area (Å²) in [5.41, 5.74) is 1.43. The number of hydrogen-bond acceptors (Lipinski definition) is 4. The van der Waals surface area contributed by atoms with E-state index in [0.717, 1.165) is 16.8 Å². The minimum atomic E-state index is -0.614. The van der Waals surface area contributed by atoms with E-state index in [1.807, 2.05) is 0 Å². The second-order valence-corrected chi connectivity index (χ2v) is 5.01. The van der Waals surface area contributed by atoms with Gasteiger partial charge in [-0.2, -0.15) is 0 Å². The van der Waals surface area contributed by atoms with Gasteiger partial charge in [0.2, 0.25) is 0 Å². The van der Waals surface area contributed by atoms with Crippen LogP contribution in [-0.4, -0.2) is 19.5 Å². The molecule has 3 rings (SSSR count). The van der Waals surface area contributed by atoms with Crippen LogP contribution < -0.4 is 5.56 Å². The fourth-order valence-corrected chi connectivity index (χ4v) is 2.15. The van der Waals surface area contributed by atoms with Crippen molar-refractivity contribution < 1.29 is 4.39 Å². The Kier molecular flexibility index (Phi) is 3.17.